The highest BCUT2D eigenvalue weighted by Crippen LogP contribution is 2.18. The number of halogens is 1. The molecule has 0 atom stereocenters. The smallest absolute Gasteiger partial charge is 0.234 e. The van der Waals surface area contributed by atoms with Crippen LogP contribution in [0.3, 0.4) is 0 Å². The van der Waals surface area contributed by atoms with Crippen LogP contribution in [-0.4, -0.2) is 36.3 Å². The zero-order chi connectivity index (χ0) is 17.4. The van der Waals surface area contributed by atoms with Crippen molar-refractivity contribution in [3.05, 3.63) is 34.9 Å². The van der Waals surface area contributed by atoms with Crippen LogP contribution >= 0.6 is 11.6 Å². The quantitative estimate of drug-likeness (QED) is 0.859. The van der Waals surface area contributed by atoms with Gasteiger partial charge in [0.25, 0.3) is 0 Å². The average molecular weight is 348 g/mol. The number of nitrogens with one attached hydrogen (secondary N) is 1. The van der Waals surface area contributed by atoms with Crippen LogP contribution in [0.4, 0.5) is 0 Å². The normalized spacial score (nSPS) is 14.9. The number of carbonyl (C=O) groups excluding carboxylic acids is 2. The van der Waals surface area contributed by atoms with Gasteiger partial charge in [0.1, 0.15) is 6.42 Å². The van der Waals surface area contributed by atoms with Gasteiger partial charge in [-0.1, -0.05) is 23.7 Å². The number of carbonyl (C=O) groups is 2. The van der Waals surface area contributed by atoms with E-state index < -0.39 is 0 Å². The molecule has 0 aliphatic carbocycles. The molecule has 0 unspecified atom stereocenters. The van der Waals surface area contributed by atoms with Crippen molar-refractivity contribution >= 4 is 23.4 Å². The predicted octanol–water partition coefficient (Wildman–Crippen LogP) is 2.54. The van der Waals surface area contributed by atoms with Gasteiger partial charge in [0.2, 0.25) is 11.8 Å². The minimum atomic E-state index is -0.223. The molecule has 1 N–H and O–H groups in total. The van der Waals surface area contributed by atoms with Crippen molar-refractivity contribution in [3.8, 4) is 6.07 Å². The van der Waals surface area contributed by atoms with Gasteiger partial charge in [-0.3, -0.25) is 9.59 Å². The van der Waals surface area contributed by atoms with E-state index in [-0.39, 0.29) is 18.2 Å². The summed E-state index contributed by atoms with van der Waals surface area (Å²) in [6.45, 7) is 2.06. The predicted molar refractivity (Wildman–Crippen MR) is 92.3 cm³/mol. The second-order valence-electron chi connectivity index (χ2n) is 6.09. The molecule has 1 saturated heterocycles. The van der Waals surface area contributed by atoms with E-state index in [9.17, 15) is 9.59 Å². The molecule has 0 radical (unpaired) electrons. The van der Waals surface area contributed by atoms with Crippen LogP contribution in [0.25, 0.3) is 0 Å². The lowest BCUT2D eigenvalue weighted by atomic mass is 9.96. The maximum Gasteiger partial charge on any atom is 0.234 e. The van der Waals surface area contributed by atoms with E-state index in [2.05, 4.69) is 5.32 Å². The Labute approximate surface area is 147 Å². The van der Waals surface area contributed by atoms with Crippen molar-refractivity contribution in [2.24, 2.45) is 5.92 Å². The van der Waals surface area contributed by atoms with Crippen molar-refractivity contribution in [2.45, 2.75) is 32.1 Å². The van der Waals surface area contributed by atoms with E-state index in [1.54, 1.807) is 0 Å². The number of hydrogen-bond acceptors (Lipinski definition) is 3. The highest BCUT2D eigenvalue weighted by molar-refractivity contribution is 6.30. The fourth-order valence-electron chi connectivity index (χ4n) is 2.84. The van der Waals surface area contributed by atoms with E-state index in [1.807, 2.05) is 35.2 Å². The monoisotopic (exact) mass is 347 g/mol. The summed E-state index contributed by atoms with van der Waals surface area (Å²) in [5.74, 6) is 0.337. The van der Waals surface area contributed by atoms with Gasteiger partial charge >= 0.3 is 0 Å². The van der Waals surface area contributed by atoms with Crippen LogP contribution in [0.1, 0.15) is 31.2 Å². The van der Waals surface area contributed by atoms with Crippen LogP contribution in [0.15, 0.2) is 24.3 Å². The maximum atomic E-state index is 12.3. The molecular weight excluding hydrogens is 326 g/mol. The fourth-order valence-corrected chi connectivity index (χ4v) is 2.97. The van der Waals surface area contributed by atoms with Crippen LogP contribution in [0.2, 0.25) is 5.02 Å². The van der Waals surface area contributed by atoms with Crippen molar-refractivity contribution in [1.82, 2.24) is 10.2 Å². The van der Waals surface area contributed by atoms with Crippen LogP contribution in [0.5, 0.6) is 0 Å². The van der Waals surface area contributed by atoms with Crippen LogP contribution < -0.4 is 5.32 Å². The fraction of sp³-hybridized carbons (Fsp3) is 0.500. The van der Waals surface area contributed by atoms with Gasteiger partial charge in [0.05, 0.1) is 6.07 Å². The number of rotatable bonds is 6. The molecule has 1 heterocycles. The molecule has 0 spiro atoms. The minimum Gasteiger partial charge on any atom is -0.355 e. The molecule has 1 aliphatic rings. The maximum absolute atomic E-state index is 12.3. The molecule has 2 amide bonds. The van der Waals surface area contributed by atoms with E-state index >= 15 is 0 Å². The van der Waals surface area contributed by atoms with Crippen LogP contribution in [0, 0.1) is 17.2 Å². The van der Waals surface area contributed by atoms with Crippen molar-refractivity contribution in [1.29, 1.82) is 5.26 Å². The topological polar surface area (TPSA) is 73.2 Å². The lowest BCUT2D eigenvalue weighted by Gasteiger charge is -2.32. The molecule has 1 aromatic carbocycles. The van der Waals surface area contributed by atoms with Crippen molar-refractivity contribution in [3.63, 3.8) is 0 Å². The molecule has 1 aromatic rings. The molecule has 1 aliphatic heterocycles. The van der Waals surface area contributed by atoms with Gasteiger partial charge in [0.15, 0.2) is 0 Å². The summed E-state index contributed by atoms with van der Waals surface area (Å²) in [6, 6.07) is 9.42. The summed E-state index contributed by atoms with van der Waals surface area (Å²) in [7, 11) is 0. The molecule has 0 saturated carbocycles. The Morgan fingerprint density at radius 2 is 1.92 bits per heavy atom. The summed E-state index contributed by atoms with van der Waals surface area (Å²) in [5.41, 5.74) is 1.11. The minimum absolute atomic E-state index is 0.0952. The zero-order valence-corrected chi connectivity index (χ0v) is 14.4. The highest BCUT2D eigenvalue weighted by Gasteiger charge is 2.22. The summed E-state index contributed by atoms with van der Waals surface area (Å²) in [4.78, 5) is 25.5. The zero-order valence-electron chi connectivity index (χ0n) is 13.6. The largest absolute Gasteiger partial charge is 0.355 e. The Kier molecular flexibility index (Phi) is 7.07. The van der Waals surface area contributed by atoms with Gasteiger partial charge in [-0.25, -0.2) is 0 Å². The van der Waals surface area contributed by atoms with E-state index in [0.29, 0.717) is 23.9 Å². The first-order valence-corrected chi connectivity index (χ1v) is 8.62. The first-order chi connectivity index (χ1) is 11.6. The Morgan fingerprint density at radius 1 is 1.25 bits per heavy atom. The Hall–Kier alpha value is -2.06. The first kappa shape index (κ1) is 18.3. The SMILES string of the molecule is N#CCC(=O)NCC1CCN(C(=O)CCc2ccc(Cl)cc2)CC1. The van der Waals surface area contributed by atoms with Gasteiger partial charge in [-0.2, -0.15) is 5.26 Å². The molecule has 24 heavy (non-hydrogen) atoms. The number of likely N-dealkylation sites (tertiary alicyclic amines) is 1. The first-order valence-electron chi connectivity index (χ1n) is 8.24. The third kappa shape index (κ3) is 5.86. The van der Waals surface area contributed by atoms with E-state index in [1.165, 1.54) is 0 Å². The summed E-state index contributed by atoms with van der Waals surface area (Å²) in [6.07, 6.45) is 2.91. The molecule has 128 valence electrons. The summed E-state index contributed by atoms with van der Waals surface area (Å²) < 4.78 is 0. The Morgan fingerprint density at radius 3 is 2.54 bits per heavy atom. The summed E-state index contributed by atoms with van der Waals surface area (Å²) >= 11 is 5.86. The molecule has 1 fully saturated rings. The lowest BCUT2D eigenvalue weighted by Crippen LogP contribution is -2.41. The van der Waals surface area contributed by atoms with Gasteiger partial charge in [0, 0.05) is 31.1 Å². The number of piperidine rings is 1. The Balaban J connectivity index is 1.68. The van der Waals surface area contributed by atoms with Crippen molar-refractivity contribution in [2.75, 3.05) is 19.6 Å². The van der Waals surface area contributed by atoms with E-state index in [0.717, 1.165) is 37.9 Å². The number of nitrogens with zero attached hydrogens (tertiary/aromatic N) is 2. The molecule has 6 heteroatoms. The standard InChI is InChI=1S/C18H22ClN3O2/c19-16-4-1-14(2-5-16)3-6-18(24)22-11-8-15(9-12-22)13-21-17(23)7-10-20/h1-2,4-5,15H,3,6-9,11-13H2,(H,21,23). The van der Waals surface area contributed by atoms with Gasteiger partial charge in [-0.15, -0.1) is 0 Å². The number of benzene rings is 1. The lowest BCUT2D eigenvalue weighted by molar-refractivity contribution is -0.132. The average Bonchev–Trinajstić information content (AvgIpc) is 2.60. The third-order valence-electron chi connectivity index (χ3n) is 4.34. The summed E-state index contributed by atoms with van der Waals surface area (Å²) in [5, 5.41) is 11.9. The van der Waals surface area contributed by atoms with E-state index in [4.69, 9.17) is 16.9 Å². The third-order valence-corrected chi connectivity index (χ3v) is 4.59. The van der Waals surface area contributed by atoms with Gasteiger partial charge in [-0.05, 0) is 42.9 Å². The van der Waals surface area contributed by atoms with Gasteiger partial charge < -0.3 is 10.2 Å². The molecular formula is C18H22ClN3O2. The molecule has 2 rings (SSSR count). The second-order valence-corrected chi connectivity index (χ2v) is 6.53. The number of nitriles is 1. The molecule has 5 nitrogen and oxygen atoms in total. The number of aryl methyl sites for hydroxylation is 1. The highest BCUT2D eigenvalue weighted by atomic mass is 35.5. The number of hydrogen-bond donors (Lipinski definition) is 1. The molecule has 0 bridgehead atoms. The number of amides is 2. The molecule has 0 aromatic heterocycles. The second kappa shape index (κ2) is 9.29. The van der Waals surface area contributed by atoms with Crippen molar-refractivity contribution < 1.29 is 9.59 Å². The van der Waals surface area contributed by atoms with Crippen LogP contribution in [-0.2, 0) is 16.0 Å². The Bertz CT molecular complexity index is 602.